The van der Waals surface area contributed by atoms with Crippen molar-refractivity contribution in [3.8, 4) is 0 Å². The van der Waals surface area contributed by atoms with E-state index in [1.54, 1.807) is 0 Å². The minimum atomic E-state index is -4.31. The second kappa shape index (κ2) is 4.84. The van der Waals surface area contributed by atoms with Crippen molar-refractivity contribution >= 4 is 8.17 Å². The van der Waals surface area contributed by atoms with E-state index in [0.717, 1.165) is 25.9 Å². The van der Waals surface area contributed by atoms with E-state index in [-0.39, 0.29) is 6.10 Å². The molecule has 1 saturated heterocycles. The summed E-state index contributed by atoms with van der Waals surface area (Å²) >= 11 is 0. The van der Waals surface area contributed by atoms with Crippen LogP contribution in [0.5, 0.6) is 0 Å². The fourth-order valence-corrected chi connectivity index (χ4v) is 2.42. The van der Waals surface area contributed by atoms with Gasteiger partial charge in [0.2, 0.25) is 0 Å². The van der Waals surface area contributed by atoms with Crippen molar-refractivity contribution in [3.63, 3.8) is 0 Å². The molecule has 0 spiro atoms. The quantitative estimate of drug-likeness (QED) is 0.601. The number of nitrogens with zero attached hydrogens (tertiary/aromatic N) is 1. The molecule has 0 aromatic rings. The van der Waals surface area contributed by atoms with Crippen LogP contribution in [0.25, 0.3) is 0 Å². The van der Waals surface area contributed by atoms with Crippen LogP contribution in [0.15, 0.2) is 0 Å². The third-order valence-electron chi connectivity index (χ3n) is 2.53. The van der Waals surface area contributed by atoms with Gasteiger partial charge in [-0.3, -0.25) is 0 Å². The molecule has 0 unspecified atom stereocenters. The zero-order valence-corrected chi connectivity index (χ0v) is 9.68. The molecule has 0 radical (unpaired) electrons. The summed E-state index contributed by atoms with van der Waals surface area (Å²) in [6, 6.07) is 0.510. The predicted octanol–water partition coefficient (Wildman–Crippen LogP) is 0.263. The van der Waals surface area contributed by atoms with Crippen LogP contribution in [-0.2, 0) is 4.52 Å². The second-order valence-corrected chi connectivity index (χ2v) is 5.40. The fourth-order valence-electron chi connectivity index (χ4n) is 1.73. The van der Waals surface area contributed by atoms with Crippen molar-refractivity contribution in [3.05, 3.63) is 0 Å². The summed E-state index contributed by atoms with van der Waals surface area (Å²) in [5.74, 6) is 0. The molecule has 0 aromatic heterocycles. The Kier molecular flexibility index (Phi) is 4.25. The Labute approximate surface area is 85.0 Å². The molecule has 0 atom stereocenters. The van der Waals surface area contributed by atoms with Crippen LogP contribution in [0.1, 0.15) is 26.7 Å². The molecule has 1 rings (SSSR count). The standard InChI is InChI=1S/C8H20NO4P/c1-7(2)9-5-3-8(4-6-9)13-14(10,11)12/h7-8,10-12,14H,3-6H2,1-2H3. The first kappa shape index (κ1) is 12.3. The summed E-state index contributed by atoms with van der Waals surface area (Å²) in [6.45, 7) is 6.02. The molecule has 1 aliphatic heterocycles. The molecule has 1 aliphatic rings. The van der Waals surface area contributed by atoms with Gasteiger partial charge in [-0.2, -0.15) is 0 Å². The Morgan fingerprint density at radius 2 is 1.71 bits per heavy atom. The van der Waals surface area contributed by atoms with Crippen molar-refractivity contribution in [2.45, 2.75) is 38.8 Å². The van der Waals surface area contributed by atoms with Gasteiger partial charge < -0.3 is 0 Å². The van der Waals surface area contributed by atoms with Crippen molar-refractivity contribution in [2.24, 2.45) is 0 Å². The van der Waals surface area contributed by atoms with E-state index in [9.17, 15) is 0 Å². The van der Waals surface area contributed by atoms with Crippen molar-refractivity contribution < 1.29 is 19.2 Å². The van der Waals surface area contributed by atoms with E-state index in [4.69, 9.17) is 19.2 Å². The normalized spacial score (nSPS) is 23.0. The third-order valence-corrected chi connectivity index (χ3v) is 3.18. The summed E-state index contributed by atoms with van der Waals surface area (Å²) in [6.07, 6.45) is 1.28. The Hall–Kier alpha value is 0.230. The van der Waals surface area contributed by atoms with E-state index in [1.165, 1.54) is 0 Å². The van der Waals surface area contributed by atoms with Gasteiger partial charge in [-0.1, -0.05) is 0 Å². The molecular weight excluding hydrogens is 205 g/mol. The molecule has 86 valence electrons. The maximum absolute atomic E-state index is 8.76. The van der Waals surface area contributed by atoms with Crippen LogP contribution in [0.3, 0.4) is 0 Å². The Morgan fingerprint density at radius 3 is 2.07 bits per heavy atom. The van der Waals surface area contributed by atoms with Gasteiger partial charge in [-0.15, -0.1) is 0 Å². The number of hydrogen-bond donors (Lipinski definition) is 3. The van der Waals surface area contributed by atoms with Gasteiger partial charge in [0.05, 0.1) is 0 Å². The van der Waals surface area contributed by atoms with Crippen molar-refractivity contribution in [1.29, 1.82) is 0 Å². The molecule has 0 aliphatic carbocycles. The summed E-state index contributed by atoms with van der Waals surface area (Å²) in [5.41, 5.74) is 0. The van der Waals surface area contributed by atoms with Crippen LogP contribution >= 0.6 is 8.17 Å². The fraction of sp³-hybridized carbons (Fsp3) is 1.00. The summed E-state index contributed by atoms with van der Waals surface area (Å²) < 4.78 is 4.79. The predicted molar refractivity (Wildman–Crippen MR) is 55.8 cm³/mol. The monoisotopic (exact) mass is 225 g/mol. The van der Waals surface area contributed by atoms with Crippen LogP contribution in [0, 0.1) is 0 Å². The van der Waals surface area contributed by atoms with Gasteiger partial charge in [-0.25, -0.2) is 0 Å². The van der Waals surface area contributed by atoms with Crippen molar-refractivity contribution in [2.75, 3.05) is 13.1 Å². The average molecular weight is 225 g/mol. The molecule has 6 heteroatoms. The third kappa shape index (κ3) is 4.17. The minimum absolute atomic E-state index is 0.211. The van der Waals surface area contributed by atoms with Crippen LogP contribution in [0.2, 0.25) is 0 Å². The first-order chi connectivity index (χ1) is 6.38. The molecule has 14 heavy (non-hydrogen) atoms. The van der Waals surface area contributed by atoms with Crippen molar-refractivity contribution in [1.82, 2.24) is 4.90 Å². The SMILES string of the molecule is CC(C)N1CCC(O[PH](O)(O)O)CC1. The van der Waals surface area contributed by atoms with Gasteiger partial charge in [-0.05, 0) is 0 Å². The van der Waals surface area contributed by atoms with Gasteiger partial charge in [0.1, 0.15) is 0 Å². The van der Waals surface area contributed by atoms with E-state index >= 15 is 0 Å². The molecule has 0 saturated carbocycles. The average Bonchev–Trinajstić information content (AvgIpc) is 2.02. The van der Waals surface area contributed by atoms with Crippen LogP contribution in [0.4, 0.5) is 0 Å². The topological polar surface area (TPSA) is 73.2 Å². The Bertz CT molecular complexity index is 175. The molecule has 0 aromatic carbocycles. The molecule has 1 heterocycles. The summed E-state index contributed by atoms with van der Waals surface area (Å²) in [4.78, 5) is 28.6. The molecule has 0 amide bonds. The Balaban J connectivity index is 2.29. The van der Waals surface area contributed by atoms with E-state index in [2.05, 4.69) is 18.7 Å². The van der Waals surface area contributed by atoms with E-state index in [1.807, 2.05) is 0 Å². The van der Waals surface area contributed by atoms with Gasteiger partial charge in [0, 0.05) is 0 Å². The van der Waals surface area contributed by atoms with E-state index in [0.29, 0.717) is 6.04 Å². The molecular formula is C8H20NO4P. The Morgan fingerprint density at radius 1 is 1.21 bits per heavy atom. The zero-order chi connectivity index (χ0) is 10.8. The summed E-state index contributed by atoms with van der Waals surface area (Å²) in [7, 11) is -4.31. The molecule has 3 N–H and O–H groups in total. The van der Waals surface area contributed by atoms with E-state index < -0.39 is 8.17 Å². The first-order valence-corrected chi connectivity index (χ1v) is 6.72. The van der Waals surface area contributed by atoms with Crippen LogP contribution < -0.4 is 0 Å². The van der Waals surface area contributed by atoms with Gasteiger partial charge in [0.25, 0.3) is 0 Å². The number of piperidine rings is 1. The number of hydrogen-bond acceptors (Lipinski definition) is 5. The first-order valence-electron chi connectivity index (χ1n) is 4.97. The zero-order valence-electron chi connectivity index (χ0n) is 8.68. The van der Waals surface area contributed by atoms with Gasteiger partial charge in [0.15, 0.2) is 0 Å². The maximum atomic E-state index is 8.76. The number of likely N-dealkylation sites (tertiary alicyclic amines) is 1. The second-order valence-electron chi connectivity index (χ2n) is 4.02. The van der Waals surface area contributed by atoms with Crippen LogP contribution in [-0.4, -0.2) is 44.8 Å². The number of rotatable bonds is 3. The molecule has 5 nitrogen and oxygen atoms in total. The van der Waals surface area contributed by atoms with Gasteiger partial charge >= 0.3 is 84.2 Å². The molecule has 0 bridgehead atoms. The molecule has 1 fully saturated rings. The summed E-state index contributed by atoms with van der Waals surface area (Å²) in [5, 5.41) is 0.